The smallest absolute Gasteiger partial charge is 1.00 e. The van der Waals surface area contributed by atoms with Crippen LogP contribution in [0.25, 0.3) is 0 Å². The number of nitrogens with two attached hydrogens (primary N) is 1. The first-order chi connectivity index (χ1) is 5.00. The van der Waals surface area contributed by atoms with Crippen molar-refractivity contribution in [3.8, 4) is 0 Å². The molecule has 1 aromatic rings. The largest absolute Gasteiger partial charge is 1.00 e. The van der Waals surface area contributed by atoms with Crippen LogP contribution in [-0.2, 0) is 10.0 Å². The fourth-order valence-electron chi connectivity index (χ4n) is 0.624. The van der Waals surface area contributed by atoms with Gasteiger partial charge in [-0.2, -0.15) is 0 Å². The van der Waals surface area contributed by atoms with Gasteiger partial charge in [-0.1, -0.05) is 0 Å². The predicted molar refractivity (Wildman–Crippen MR) is 38.9 cm³/mol. The third kappa shape index (κ3) is 3.61. The molecule has 12 heavy (non-hydrogen) atoms. The van der Waals surface area contributed by atoms with Crippen LogP contribution in [0.5, 0.6) is 0 Å². The fraction of sp³-hybridized carbons (Fsp3) is 0. The molecule has 0 aliphatic carbocycles. The van der Waals surface area contributed by atoms with Gasteiger partial charge in [0.25, 0.3) is 0 Å². The standard InChI is InChI=1S/C6H6FNO2S.K.H/c7-5-1-3-6(4-2-5)11(8,9)10;;/h1-4H,(H2,8,9,10);;/q;+1;-1. The Morgan fingerprint density at radius 2 is 1.67 bits per heavy atom. The minimum Gasteiger partial charge on any atom is -1.00 e. The molecule has 0 unspecified atom stereocenters. The topological polar surface area (TPSA) is 60.2 Å². The van der Waals surface area contributed by atoms with Crippen molar-refractivity contribution in [2.75, 3.05) is 0 Å². The van der Waals surface area contributed by atoms with Crippen molar-refractivity contribution in [3.05, 3.63) is 30.1 Å². The van der Waals surface area contributed by atoms with Gasteiger partial charge in [0, 0.05) is 0 Å². The molecule has 0 amide bonds. The average Bonchev–Trinajstić information content (AvgIpc) is 1.86. The predicted octanol–water partition coefficient (Wildman–Crippen LogP) is -2.41. The van der Waals surface area contributed by atoms with Crippen molar-refractivity contribution in [3.63, 3.8) is 0 Å². The van der Waals surface area contributed by atoms with Gasteiger partial charge >= 0.3 is 51.4 Å². The normalized spacial score (nSPS) is 10.5. The summed E-state index contributed by atoms with van der Waals surface area (Å²) in [5.74, 6) is -0.489. The minimum absolute atomic E-state index is 0. The third-order valence-corrected chi connectivity index (χ3v) is 2.07. The van der Waals surface area contributed by atoms with Gasteiger partial charge in [0.1, 0.15) is 5.82 Å². The Morgan fingerprint density at radius 1 is 1.25 bits per heavy atom. The number of hydrogen-bond acceptors (Lipinski definition) is 2. The molecule has 0 bridgehead atoms. The first-order valence-electron chi connectivity index (χ1n) is 2.78. The summed E-state index contributed by atoms with van der Waals surface area (Å²) in [5.41, 5.74) is 0. The van der Waals surface area contributed by atoms with Crippen LogP contribution in [-0.4, -0.2) is 8.42 Å². The van der Waals surface area contributed by atoms with E-state index in [1.54, 1.807) is 0 Å². The monoisotopic (exact) mass is 215 g/mol. The number of primary sulfonamides is 1. The number of benzene rings is 1. The fourth-order valence-corrected chi connectivity index (χ4v) is 1.14. The van der Waals surface area contributed by atoms with E-state index in [1.807, 2.05) is 0 Å². The van der Waals surface area contributed by atoms with Crippen LogP contribution < -0.4 is 56.5 Å². The van der Waals surface area contributed by atoms with Crippen molar-refractivity contribution >= 4 is 10.0 Å². The molecule has 6 heteroatoms. The molecule has 0 spiro atoms. The van der Waals surface area contributed by atoms with Gasteiger partial charge < -0.3 is 1.43 Å². The van der Waals surface area contributed by atoms with Crippen molar-refractivity contribution < 1.29 is 65.6 Å². The van der Waals surface area contributed by atoms with Crippen molar-refractivity contribution in [2.45, 2.75) is 4.90 Å². The van der Waals surface area contributed by atoms with Gasteiger partial charge in [0.15, 0.2) is 0 Å². The van der Waals surface area contributed by atoms with E-state index in [2.05, 4.69) is 0 Å². The SMILES string of the molecule is NS(=O)(=O)c1ccc(F)cc1.[H-].[K+]. The maximum Gasteiger partial charge on any atom is 1.00 e. The summed E-state index contributed by atoms with van der Waals surface area (Å²) in [6.07, 6.45) is 0. The molecule has 0 aromatic heterocycles. The van der Waals surface area contributed by atoms with Crippen molar-refractivity contribution in [2.24, 2.45) is 5.14 Å². The van der Waals surface area contributed by atoms with Gasteiger partial charge in [-0.05, 0) is 24.3 Å². The summed E-state index contributed by atoms with van der Waals surface area (Å²) in [7, 11) is -3.69. The van der Waals surface area contributed by atoms with Crippen LogP contribution in [0.3, 0.4) is 0 Å². The maximum atomic E-state index is 12.2. The van der Waals surface area contributed by atoms with Crippen LogP contribution in [0, 0.1) is 5.82 Å². The van der Waals surface area contributed by atoms with E-state index in [0.717, 1.165) is 24.3 Å². The van der Waals surface area contributed by atoms with Crippen LogP contribution in [0.4, 0.5) is 4.39 Å². The number of sulfonamides is 1. The van der Waals surface area contributed by atoms with Gasteiger partial charge in [0.2, 0.25) is 10.0 Å². The van der Waals surface area contributed by atoms with Crippen LogP contribution in [0.2, 0.25) is 0 Å². The molecule has 1 aromatic carbocycles. The zero-order valence-corrected chi connectivity index (χ0v) is 10.4. The Balaban J connectivity index is 0. The van der Waals surface area contributed by atoms with Crippen molar-refractivity contribution in [1.29, 1.82) is 0 Å². The summed E-state index contributed by atoms with van der Waals surface area (Å²) < 4.78 is 33.4. The van der Waals surface area contributed by atoms with E-state index >= 15 is 0 Å². The van der Waals surface area contributed by atoms with E-state index in [0.29, 0.717) is 0 Å². The van der Waals surface area contributed by atoms with E-state index < -0.39 is 15.8 Å². The van der Waals surface area contributed by atoms with Crippen molar-refractivity contribution in [1.82, 2.24) is 0 Å². The first-order valence-corrected chi connectivity index (χ1v) is 4.33. The molecule has 62 valence electrons. The number of hydrogen-bond donors (Lipinski definition) is 1. The quantitative estimate of drug-likeness (QED) is 0.530. The second-order valence-corrected chi connectivity index (χ2v) is 3.56. The summed E-state index contributed by atoms with van der Waals surface area (Å²) in [6, 6.07) is 4.31. The summed E-state index contributed by atoms with van der Waals surface area (Å²) in [6.45, 7) is 0. The Morgan fingerprint density at radius 3 is 2.00 bits per heavy atom. The van der Waals surface area contributed by atoms with Gasteiger partial charge in [-0.15, -0.1) is 0 Å². The van der Waals surface area contributed by atoms with E-state index in [1.165, 1.54) is 0 Å². The Kier molecular flexibility index (Phi) is 5.08. The molecule has 0 heterocycles. The molecular formula is C6H7FKNO2S. The second-order valence-electron chi connectivity index (χ2n) is 2.00. The minimum atomic E-state index is -3.69. The molecule has 0 aliphatic heterocycles. The van der Waals surface area contributed by atoms with Gasteiger partial charge in [-0.25, -0.2) is 17.9 Å². The Labute approximate surface area is 114 Å². The molecule has 0 fully saturated rings. The molecule has 1 rings (SSSR count). The zero-order valence-electron chi connectivity index (χ0n) is 7.49. The molecule has 0 saturated heterocycles. The van der Waals surface area contributed by atoms with Gasteiger partial charge in [0.05, 0.1) is 4.90 Å². The molecule has 0 saturated carbocycles. The molecule has 3 nitrogen and oxygen atoms in total. The van der Waals surface area contributed by atoms with Crippen LogP contribution >= 0.6 is 0 Å². The maximum absolute atomic E-state index is 12.2. The van der Waals surface area contributed by atoms with Crippen LogP contribution in [0.1, 0.15) is 1.43 Å². The molecular weight excluding hydrogens is 208 g/mol. The molecule has 0 aliphatic rings. The zero-order chi connectivity index (χ0) is 8.48. The van der Waals surface area contributed by atoms with E-state index in [4.69, 9.17) is 5.14 Å². The summed E-state index contributed by atoms with van der Waals surface area (Å²) >= 11 is 0. The first kappa shape index (κ1) is 12.7. The summed E-state index contributed by atoms with van der Waals surface area (Å²) in [5, 5.41) is 4.76. The molecule has 2 N–H and O–H groups in total. The number of halogens is 1. The van der Waals surface area contributed by atoms with E-state index in [-0.39, 0.29) is 57.7 Å². The second kappa shape index (κ2) is 4.80. The third-order valence-electron chi connectivity index (χ3n) is 1.14. The molecule has 0 radical (unpaired) electrons. The molecule has 0 atom stereocenters. The van der Waals surface area contributed by atoms with Gasteiger partial charge in [-0.3, -0.25) is 0 Å². The Bertz CT molecular complexity index is 353. The van der Waals surface area contributed by atoms with Crippen LogP contribution in [0.15, 0.2) is 29.2 Å². The Hall–Kier alpha value is 0.696. The summed E-state index contributed by atoms with van der Waals surface area (Å²) in [4.78, 5) is -0.0844. The average molecular weight is 215 g/mol. The van der Waals surface area contributed by atoms with E-state index in [9.17, 15) is 12.8 Å². The number of rotatable bonds is 1.